The van der Waals surface area contributed by atoms with Gasteiger partial charge in [0.1, 0.15) is 6.10 Å². The quantitative estimate of drug-likeness (QED) is 0.696. The summed E-state index contributed by atoms with van der Waals surface area (Å²) in [4.78, 5) is 13.8. The van der Waals surface area contributed by atoms with Crippen molar-refractivity contribution in [2.75, 3.05) is 6.54 Å². The smallest absolute Gasteiger partial charge is 0.233 e. The Labute approximate surface area is 105 Å². The number of fused-ring (bicyclic) bond motifs is 1. The molecule has 88 valence electrons. The highest BCUT2D eigenvalue weighted by atomic mass is 79.9. The lowest BCUT2D eigenvalue weighted by Crippen LogP contribution is -2.11. The Hall–Kier alpha value is -1.53. The maximum absolute atomic E-state index is 10.4. The van der Waals surface area contributed by atoms with E-state index in [1.807, 2.05) is 0 Å². The van der Waals surface area contributed by atoms with Crippen molar-refractivity contribution >= 4 is 26.7 Å². The zero-order chi connectivity index (χ0) is 12.4. The molecule has 1 heterocycles. The van der Waals surface area contributed by atoms with Crippen LogP contribution in [0.2, 0.25) is 0 Å². The Bertz CT molecular complexity index is 574. The molecule has 0 aliphatic rings. The Balaban J connectivity index is 2.46. The first kappa shape index (κ1) is 11.9. The van der Waals surface area contributed by atoms with E-state index in [4.69, 9.17) is 0 Å². The van der Waals surface area contributed by atoms with E-state index in [1.54, 1.807) is 30.6 Å². The molecule has 1 aromatic heterocycles. The maximum atomic E-state index is 10.4. The van der Waals surface area contributed by atoms with Crippen molar-refractivity contribution < 1.29 is 10.0 Å². The predicted octanol–water partition coefficient (Wildman–Crippen LogP) is 2.31. The molecule has 1 N–H and O–H groups in total. The summed E-state index contributed by atoms with van der Waals surface area (Å²) in [6.07, 6.45) is 2.24. The molecule has 0 amide bonds. The zero-order valence-electron chi connectivity index (χ0n) is 8.71. The van der Waals surface area contributed by atoms with E-state index in [1.165, 1.54) is 0 Å². The summed E-state index contributed by atoms with van der Waals surface area (Å²) in [6.45, 7) is -0.497. The molecule has 2 aromatic rings. The topological polar surface area (TPSA) is 76.3 Å². The van der Waals surface area contributed by atoms with Gasteiger partial charge in [0.15, 0.2) is 0 Å². The highest BCUT2D eigenvalue weighted by Gasteiger charge is 2.15. The second-order valence-corrected chi connectivity index (χ2v) is 4.48. The lowest BCUT2D eigenvalue weighted by Gasteiger charge is -2.09. The van der Waals surface area contributed by atoms with Gasteiger partial charge in [0.2, 0.25) is 6.54 Å². The zero-order valence-corrected chi connectivity index (χ0v) is 10.3. The van der Waals surface area contributed by atoms with Crippen LogP contribution < -0.4 is 0 Å². The van der Waals surface area contributed by atoms with Gasteiger partial charge in [-0.15, -0.1) is 0 Å². The lowest BCUT2D eigenvalue weighted by atomic mass is 10.1. The summed E-state index contributed by atoms with van der Waals surface area (Å²) in [5, 5.41) is 21.8. The summed E-state index contributed by atoms with van der Waals surface area (Å²) in [5.74, 6) is 0. The van der Waals surface area contributed by atoms with E-state index >= 15 is 0 Å². The fourth-order valence-corrected chi connectivity index (χ4v) is 2.21. The third-order valence-electron chi connectivity index (χ3n) is 2.43. The number of pyridine rings is 1. The minimum absolute atomic E-state index is 0.497. The Morgan fingerprint density at radius 3 is 3.00 bits per heavy atom. The van der Waals surface area contributed by atoms with Crippen LogP contribution in [0.4, 0.5) is 0 Å². The normalized spacial score (nSPS) is 12.6. The number of benzene rings is 1. The average Bonchev–Trinajstić information content (AvgIpc) is 2.28. The Kier molecular flexibility index (Phi) is 3.35. The second kappa shape index (κ2) is 4.77. The summed E-state index contributed by atoms with van der Waals surface area (Å²) < 4.78 is 0.764. The molecule has 17 heavy (non-hydrogen) atoms. The molecule has 0 radical (unpaired) electrons. The fourth-order valence-electron chi connectivity index (χ4n) is 1.61. The van der Waals surface area contributed by atoms with Crippen LogP contribution in [0, 0.1) is 10.1 Å². The molecule has 0 aliphatic carbocycles. The van der Waals surface area contributed by atoms with Crippen molar-refractivity contribution in [3.63, 3.8) is 0 Å². The molecule has 0 fully saturated rings. The number of aliphatic hydroxyl groups excluding tert-OH is 1. The van der Waals surface area contributed by atoms with Crippen LogP contribution in [-0.4, -0.2) is 21.6 Å². The van der Waals surface area contributed by atoms with Gasteiger partial charge in [0.25, 0.3) is 0 Å². The average molecular weight is 297 g/mol. The molecule has 2 rings (SSSR count). The van der Waals surface area contributed by atoms with E-state index in [-0.39, 0.29) is 0 Å². The maximum Gasteiger partial charge on any atom is 0.233 e. The third kappa shape index (κ3) is 2.59. The Morgan fingerprint density at radius 2 is 2.29 bits per heavy atom. The molecular weight excluding hydrogens is 288 g/mol. The number of aromatic nitrogens is 1. The second-order valence-electron chi connectivity index (χ2n) is 3.63. The molecule has 0 aliphatic heterocycles. The van der Waals surface area contributed by atoms with Crippen LogP contribution in [0.1, 0.15) is 11.7 Å². The summed E-state index contributed by atoms with van der Waals surface area (Å²) >= 11 is 3.36. The van der Waals surface area contributed by atoms with Crippen LogP contribution >= 0.6 is 15.9 Å². The number of nitrogens with zero attached hydrogens (tertiary/aromatic N) is 2. The molecular formula is C11H9BrN2O3. The van der Waals surface area contributed by atoms with Crippen molar-refractivity contribution in [2.45, 2.75) is 6.10 Å². The van der Waals surface area contributed by atoms with Crippen LogP contribution in [-0.2, 0) is 0 Å². The molecule has 0 bridgehead atoms. The molecule has 1 unspecified atom stereocenters. The van der Waals surface area contributed by atoms with Crippen molar-refractivity contribution in [3.05, 3.63) is 50.7 Å². The van der Waals surface area contributed by atoms with Crippen LogP contribution in [0.3, 0.4) is 0 Å². The van der Waals surface area contributed by atoms with Crippen molar-refractivity contribution in [2.24, 2.45) is 0 Å². The Morgan fingerprint density at radius 1 is 1.53 bits per heavy atom. The van der Waals surface area contributed by atoms with Gasteiger partial charge in [-0.2, -0.15) is 0 Å². The van der Waals surface area contributed by atoms with E-state index in [9.17, 15) is 15.2 Å². The largest absolute Gasteiger partial charge is 0.382 e. The van der Waals surface area contributed by atoms with Gasteiger partial charge in [-0.25, -0.2) is 0 Å². The summed E-state index contributed by atoms with van der Waals surface area (Å²) in [6, 6.07) is 5.20. The molecule has 1 atom stereocenters. The summed E-state index contributed by atoms with van der Waals surface area (Å²) in [5.41, 5.74) is 0.521. The predicted molar refractivity (Wildman–Crippen MR) is 66.3 cm³/mol. The minimum atomic E-state index is -1.10. The SMILES string of the molecule is O=[N+]([O-])CC(O)c1cc(Br)c2cnccc2c1. The van der Waals surface area contributed by atoms with Crippen LogP contribution in [0.25, 0.3) is 10.8 Å². The highest BCUT2D eigenvalue weighted by Crippen LogP contribution is 2.27. The molecule has 0 spiro atoms. The third-order valence-corrected chi connectivity index (χ3v) is 3.09. The first-order chi connectivity index (χ1) is 8.08. The van der Waals surface area contributed by atoms with Gasteiger partial charge in [-0.1, -0.05) is 15.9 Å². The van der Waals surface area contributed by atoms with Gasteiger partial charge < -0.3 is 5.11 Å². The number of aliphatic hydroxyl groups is 1. The summed E-state index contributed by atoms with van der Waals surface area (Å²) in [7, 11) is 0. The molecule has 6 heteroatoms. The van der Waals surface area contributed by atoms with E-state index < -0.39 is 17.6 Å². The first-order valence-electron chi connectivity index (χ1n) is 4.91. The van der Waals surface area contributed by atoms with Gasteiger partial charge in [0, 0.05) is 27.2 Å². The molecule has 5 nitrogen and oxygen atoms in total. The molecule has 0 saturated heterocycles. The lowest BCUT2D eigenvalue weighted by molar-refractivity contribution is -0.491. The first-order valence-corrected chi connectivity index (χ1v) is 5.70. The van der Waals surface area contributed by atoms with Crippen LogP contribution in [0.15, 0.2) is 35.1 Å². The number of halogens is 1. The number of hydrogen-bond donors (Lipinski definition) is 1. The van der Waals surface area contributed by atoms with Gasteiger partial charge >= 0.3 is 0 Å². The molecule has 0 saturated carbocycles. The van der Waals surface area contributed by atoms with Gasteiger partial charge in [-0.05, 0) is 29.1 Å². The monoisotopic (exact) mass is 296 g/mol. The molecule has 1 aromatic carbocycles. The van der Waals surface area contributed by atoms with E-state index in [0.717, 1.165) is 15.2 Å². The van der Waals surface area contributed by atoms with Crippen LogP contribution in [0.5, 0.6) is 0 Å². The highest BCUT2D eigenvalue weighted by molar-refractivity contribution is 9.10. The van der Waals surface area contributed by atoms with Crippen molar-refractivity contribution in [1.29, 1.82) is 0 Å². The van der Waals surface area contributed by atoms with Gasteiger partial charge in [0.05, 0.1) is 0 Å². The standard InChI is InChI=1S/C11H9BrN2O3/c12-10-4-8(11(15)6-14(16)17)3-7-1-2-13-5-9(7)10/h1-5,11,15H,6H2. The van der Waals surface area contributed by atoms with Crippen molar-refractivity contribution in [3.8, 4) is 0 Å². The number of nitro groups is 1. The van der Waals surface area contributed by atoms with Gasteiger partial charge in [-0.3, -0.25) is 15.1 Å². The van der Waals surface area contributed by atoms with E-state index in [0.29, 0.717) is 5.56 Å². The van der Waals surface area contributed by atoms with E-state index in [2.05, 4.69) is 20.9 Å². The number of rotatable bonds is 3. The minimum Gasteiger partial charge on any atom is -0.382 e. The number of hydrogen-bond acceptors (Lipinski definition) is 4. The fraction of sp³-hybridized carbons (Fsp3) is 0.182. The van der Waals surface area contributed by atoms with Crippen molar-refractivity contribution in [1.82, 2.24) is 4.98 Å².